The molecule has 0 radical (unpaired) electrons. The van der Waals surface area contributed by atoms with Crippen molar-refractivity contribution in [2.24, 2.45) is 9.54 Å². The Morgan fingerprint density at radius 2 is 2.23 bits per heavy atom. The van der Waals surface area contributed by atoms with Gasteiger partial charge in [0.15, 0.2) is 0 Å². The Kier molecular flexibility index (Phi) is 6.28. The third-order valence-electron chi connectivity index (χ3n) is 1.69. The molecule has 0 aliphatic heterocycles. The van der Waals surface area contributed by atoms with Crippen LogP contribution in [0.15, 0.2) is 40.9 Å². The van der Waals surface area contributed by atoms with E-state index in [9.17, 15) is 0 Å². The molecule has 0 unspecified atom stereocenters. The van der Waals surface area contributed by atoms with Gasteiger partial charge in [0.05, 0.1) is 17.8 Å². The summed E-state index contributed by atoms with van der Waals surface area (Å²) in [5, 5.41) is 5.27. The minimum Gasteiger partial charge on any atom is -0.258 e. The van der Waals surface area contributed by atoms with Crippen LogP contribution in [0.3, 0.4) is 0 Å². The van der Waals surface area contributed by atoms with Crippen LogP contribution in [0.25, 0.3) is 0 Å². The first-order chi connectivity index (χ1) is 6.17. The quantitative estimate of drug-likeness (QED) is 0.417. The van der Waals surface area contributed by atoms with Crippen molar-refractivity contribution in [1.29, 1.82) is 0 Å². The van der Waals surface area contributed by atoms with Crippen LogP contribution in [0, 0.1) is 0 Å². The molecule has 0 rings (SSSR count). The largest absolute Gasteiger partial charge is 0.258 e. The van der Waals surface area contributed by atoms with E-state index in [1.165, 1.54) is 0 Å². The zero-order valence-corrected chi connectivity index (χ0v) is 9.03. The fourth-order valence-corrected chi connectivity index (χ4v) is 1.27. The summed E-state index contributed by atoms with van der Waals surface area (Å²) in [5.74, 6) is 0. The Balaban J connectivity index is 4.65. The van der Waals surface area contributed by atoms with E-state index in [1.807, 2.05) is 19.9 Å². The number of hydrogen-bond donors (Lipinski definition) is 1. The van der Waals surface area contributed by atoms with Gasteiger partial charge in [0.1, 0.15) is 0 Å². The molecular formula is C10H16N2S. The lowest BCUT2D eigenvalue weighted by Crippen LogP contribution is -2.01. The number of rotatable bonds is 5. The molecule has 2 nitrogen and oxygen atoms in total. The molecule has 0 amide bonds. The van der Waals surface area contributed by atoms with Crippen molar-refractivity contribution in [2.45, 2.75) is 20.3 Å². The molecule has 0 aromatic heterocycles. The van der Waals surface area contributed by atoms with Gasteiger partial charge in [-0.25, -0.2) is 4.40 Å². The zero-order valence-electron chi connectivity index (χ0n) is 8.21. The van der Waals surface area contributed by atoms with Crippen LogP contribution in [0.4, 0.5) is 0 Å². The summed E-state index contributed by atoms with van der Waals surface area (Å²) in [4.78, 5) is 0. The maximum atomic E-state index is 5.27. The lowest BCUT2D eigenvalue weighted by Gasteiger charge is -2.06. The van der Waals surface area contributed by atoms with Gasteiger partial charge in [0.2, 0.25) is 0 Å². The second-order valence-corrected chi connectivity index (χ2v) is 2.95. The van der Waals surface area contributed by atoms with Crippen LogP contribution < -0.4 is 5.14 Å². The average molecular weight is 196 g/mol. The maximum Gasteiger partial charge on any atom is 0.0568 e. The lowest BCUT2D eigenvalue weighted by molar-refractivity contribution is 1.27. The fourth-order valence-electron chi connectivity index (χ4n) is 0.902. The highest BCUT2D eigenvalue weighted by atomic mass is 32.2. The first-order valence-electron chi connectivity index (χ1n) is 4.09. The first-order valence-corrected chi connectivity index (χ1v) is 4.92. The Morgan fingerprint density at radius 3 is 2.62 bits per heavy atom. The second-order valence-electron chi connectivity index (χ2n) is 2.56. The predicted octanol–water partition coefficient (Wildman–Crippen LogP) is 3.05. The van der Waals surface area contributed by atoms with E-state index in [1.54, 1.807) is 6.08 Å². The molecule has 0 saturated heterocycles. The van der Waals surface area contributed by atoms with Gasteiger partial charge < -0.3 is 0 Å². The monoisotopic (exact) mass is 196 g/mol. The first kappa shape index (κ1) is 12.2. The highest BCUT2D eigenvalue weighted by molar-refractivity contribution is 7.95. The van der Waals surface area contributed by atoms with E-state index >= 15 is 0 Å². The standard InChI is InChI=1S/C10H16N2S/c1-5-7-8(3)9(4)10(6-2)12-13-11/h5,7H,1,4,6,11H2,2-3H3/b8-7-,12-10?. The van der Waals surface area contributed by atoms with Crippen molar-refractivity contribution in [3.05, 3.63) is 36.5 Å². The summed E-state index contributed by atoms with van der Waals surface area (Å²) in [7, 11) is 0. The van der Waals surface area contributed by atoms with Gasteiger partial charge in [-0.15, -0.1) is 0 Å². The molecule has 0 aliphatic rings. The van der Waals surface area contributed by atoms with Crippen molar-refractivity contribution >= 4 is 17.8 Å². The van der Waals surface area contributed by atoms with E-state index in [-0.39, 0.29) is 0 Å². The van der Waals surface area contributed by atoms with Crippen LogP contribution in [0.1, 0.15) is 20.3 Å². The summed E-state index contributed by atoms with van der Waals surface area (Å²) in [6, 6.07) is 0. The SMILES string of the molecule is C=C/C=C(/C)C(=C)C(CC)=NSN. The summed E-state index contributed by atoms with van der Waals surface area (Å²) < 4.78 is 4.08. The Bertz CT molecular complexity index is 252. The van der Waals surface area contributed by atoms with Crippen molar-refractivity contribution in [1.82, 2.24) is 0 Å². The van der Waals surface area contributed by atoms with Crippen molar-refractivity contribution in [3.8, 4) is 0 Å². The molecule has 0 saturated carbocycles. The van der Waals surface area contributed by atoms with Crippen molar-refractivity contribution in [2.75, 3.05) is 0 Å². The lowest BCUT2D eigenvalue weighted by atomic mass is 10.0. The molecule has 0 bridgehead atoms. The minimum atomic E-state index is 0.839. The van der Waals surface area contributed by atoms with Crippen molar-refractivity contribution < 1.29 is 0 Å². The van der Waals surface area contributed by atoms with Gasteiger partial charge >= 0.3 is 0 Å². The molecule has 3 heteroatoms. The van der Waals surface area contributed by atoms with Crippen LogP contribution in [-0.4, -0.2) is 5.71 Å². The van der Waals surface area contributed by atoms with Crippen LogP contribution in [0.5, 0.6) is 0 Å². The predicted molar refractivity (Wildman–Crippen MR) is 62.6 cm³/mol. The average Bonchev–Trinajstić information content (AvgIpc) is 2.13. The van der Waals surface area contributed by atoms with Crippen LogP contribution in [0.2, 0.25) is 0 Å². The summed E-state index contributed by atoms with van der Waals surface area (Å²) in [5.41, 5.74) is 2.94. The number of nitrogens with two attached hydrogens (primary N) is 1. The molecule has 0 aliphatic carbocycles. The molecule has 0 atom stereocenters. The van der Waals surface area contributed by atoms with Gasteiger partial charge in [-0.2, -0.15) is 0 Å². The highest BCUT2D eigenvalue weighted by Crippen LogP contribution is 2.13. The Hall–Kier alpha value is -0.800. The number of nitrogens with zero attached hydrogens (tertiary/aromatic N) is 1. The van der Waals surface area contributed by atoms with Crippen molar-refractivity contribution in [3.63, 3.8) is 0 Å². The molecule has 0 aromatic carbocycles. The van der Waals surface area contributed by atoms with Crippen LogP contribution in [-0.2, 0) is 0 Å². The molecule has 0 heterocycles. The van der Waals surface area contributed by atoms with E-state index in [0.717, 1.165) is 35.4 Å². The van der Waals surface area contributed by atoms with Gasteiger partial charge in [-0.05, 0) is 24.5 Å². The Morgan fingerprint density at radius 1 is 1.62 bits per heavy atom. The van der Waals surface area contributed by atoms with Gasteiger partial charge in [-0.1, -0.05) is 32.2 Å². The number of allylic oxidation sites excluding steroid dienone is 4. The molecule has 0 aromatic rings. The topological polar surface area (TPSA) is 38.4 Å². The van der Waals surface area contributed by atoms with E-state index < -0.39 is 0 Å². The second kappa shape index (κ2) is 6.69. The summed E-state index contributed by atoms with van der Waals surface area (Å²) >= 11 is 0.972. The smallest absolute Gasteiger partial charge is 0.0568 e. The van der Waals surface area contributed by atoms with Gasteiger partial charge in [-0.3, -0.25) is 5.14 Å². The van der Waals surface area contributed by atoms with E-state index in [4.69, 9.17) is 5.14 Å². The minimum absolute atomic E-state index is 0.839. The zero-order chi connectivity index (χ0) is 10.3. The fraction of sp³-hybridized carbons (Fsp3) is 0.300. The van der Waals surface area contributed by atoms with E-state index in [0.29, 0.717) is 0 Å². The molecular weight excluding hydrogens is 180 g/mol. The van der Waals surface area contributed by atoms with Gasteiger partial charge in [0, 0.05) is 0 Å². The van der Waals surface area contributed by atoms with E-state index in [2.05, 4.69) is 17.6 Å². The molecule has 0 spiro atoms. The summed E-state index contributed by atoms with van der Waals surface area (Å²) in [6.45, 7) is 11.6. The normalized spacial score (nSPS) is 12.8. The van der Waals surface area contributed by atoms with Crippen LogP contribution >= 0.6 is 12.1 Å². The summed E-state index contributed by atoms with van der Waals surface area (Å²) in [6.07, 6.45) is 4.49. The Labute approximate surface area is 84.6 Å². The third-order valence-corrected chi connectivity index (χ3v) is 2.02. The molecule has 2 N–H and O–H groups in total. The van der Waals surface area contributed by atoms with Gasteiger partial charge in [0.25, 0.3) is 0 Å². The molecule has 72 valence electrons. The molecule has 13 heavy (non-hydrogen) atoms. The maximum absolute atomic E-state index is 5.27. The highest BCUT2D eigenvalue weighted by Gasteiger charge is 2.03. The third kappa shape index (κ3) is 4.10. The number of hydrogen-bond acceptors (Lipinski definition) is 3. The molecule has 0 fully saturated rings.